The lowest BCUT2D eigenvalue weighted by Crippen LogP contribution is -1.92. The molecule has 0 saturated heterocycles. The van der Waals surface area contributed by atoms with Crippen molar-refractivity contribution in [3.63, 3.8) is 0 Å². The third kappa shape index (κ3) is 2.99. The lowest BCUT2D eigenvalue weighted by molar-refractivity contribution is 0.355. The maximum atomic E-state index is 9.34. The maximum Gasteiger partial charge on any atom is 0.161 e. The van der Waals surface area contributed by atoms with Gasteiger partial charge in [-0.2, -0.15) is 5.26 Å². The zero-order chi connectivity index (χ0) is 14.4. The van der Waals surface area contributed by atoms with Crippen LogP contribution in [-0.4, -0.2) is 14.2 Å². The standard InChI is InChI=1S/C17H15NO2/c1-19-16-9-8-14(11-17(16)20-2)15(12-18)10-13-6-4-3-5-7-13/h3-11H,1-2H3/b15-10+. The molecule has 0 aromatic heterocycles. The lowest BCUT2D eigenvalue weighted by atomic mass is 10.0. The fourth-order valence-corrected chi connectivity index (χ4v) is 1.90. The van der Waals surface area contributed by atoms with Gasteiger partial charge in [0.1, 0.15) is 0 Å². The first-order valence-corrected chi connectivity index (χ1v) is 6.17. The molecule has 0 amide bonds. The number of nitrogens with zero attached hydrogens (tertiary/aromatic N) is 1. The van der Waals surface area contributed by atoms with Gasteiger partial charge >= 0.3 is 0 Å². The van der Waals surface area contributed by atoms with E-state index < -0.39 is 0 Å². The predicted octanol–water partition coefficient (Wildman–Crippen LogP) is 3.77. The van der Waals surface area contributed by atoms with Crippen LogP contribution in [0.5, 0.6) is 11.5 Å². The van der Waals surface area contributed by atoms with Gasteiger partial charge in [-0.05, 0) is 35.4 Å². The van der Waals surface area contributed by atoms with Gasteiger partial charge in [0.2, 0.25) is 0 Å². The van der Waals surface area contributed by atoms with Gasteiger partial charge in [-0.15, -0.1) is 0 Å². The fraction of sp³-hybridized carbons (Fsp3) is 0.118. The lowest BCUT2D eigenvalue weighted by Gasteiger charge is -2.09. The number of allylic oxidation sites excluding steroid dienone is 1. The highest BCUT2D eigenvalue weighted by Crippen LogP contribution is 2.30. The van der Waals surface area contributed by atoms with Gasteiger partial charge in [-0.3, -0.25) is 0 Å². The third-order valence-corrected chi connectivity index (χ3v) is 2.93. The molecule has 0 bridgehead atoms. The van der Waals surface area contributed by atoms with E-state index in [4.69, 9.17) is 9.47 Å². The Morgan fingerprint density at radius 2 is 1.70 bits per heavy atom. The average Bonchev–Trinajstić information content (AvgIpc) is 2.53. The van der Waals surface area contributed by atoms with Crippen LogP contribution in [0.1, 0.15) is 11.1 Å². The number of rotatable bonds is 4. The molecule has 3 nitrogen and oxygen atoms in total. The molecule has 0 aliphatic rings. The summed E-state index contributed by atoms with van der Waals surface area (Å²) in [5, 5.41) is 9.34. The van der Waals surface area contributed by atoms with Crippen LogP contribution in [0.4, 0.5) is 0 Å². The highest BCUT2D eigenvalue weighted by Gasteiger charge is 2.07. The van der Waals surface area contributed by atoms with E-state index in [1.165, 1.54) is 0 Å². The monoisotopic (exact) mass is 265 g/mol. The van der Waals surface area contributed by atoms with Crippen LogP contribution in [0.3, 0.4) is 0 Å². The molecule has 2 rings (SSSR count). The van der Waals surface area contributed by atoms with Gasteiger partial charge in [0.15, 0.2) is 11.5 Å². The third-order valence-electron chi connectivity index (χ3n) is 2.93. The Morgan fingerprint density at radius 1 is 1.00 bits per heavy atom. The van der Waals surface area contributed by atoms with Crippen molar-refractivity contribution < 1.29 is 9.47 Å². The molecule has 2 aromatic carbocycles. The normalized spacial score (nSPS) is 10.8. The Labute approximate surface area is 118 Å². The van der Waals surface area contributed by atoms with E-state index >= 15 is 0 Å². The summed E-state index contributed by atoms with van der Waals surface area (Å²) in [4.78, 5) is 0. The van der Waals surface area contributed by atoms with E-state index in [1.54, 1.807) is 26.4 Å². The molecule has 3 heteroatoms. The first-order valence-electron chi connectivity index (χ1n) is 6.17. The van der Waals surface area contributed by atoms with E-state index in [9.17, 15) is 5.26 Å². The first-order chi connectivity index (χ1) is 9.78. The molecule has 100 valence electrons. The minimum atomic E-state index is 0.581. The molecular weight excluding hydrogens is 250 g/mol. The van der Waals surface area contributed by atoms with Crippen molar-refractivity contribution in [1.29, 1.82) is 5.26 Å². The Morgan fingerprint density at radius 3 is 2.30 bits per heavy atom. The van der Waals surface area contributed by atoms with Crippen LogP contribution >= 0.6 is 0 Å². The van der Waals surface area contributed by atoms with Crippen LogP contribution in [0.15, 0.2) is 48.5 Å². The number of hydrogen-bond donors (Lipinski definition) is 0. The van der Waals surface area contributed by atoms with Gasteiger partial charge in [-0.1, -0.05) is 30.3 Å². The van der Waals surface area contributed by atoms with E-state index in [0.29, 0.717) is 17.1 Å². The largest absolute Gasteiger partial charge is 0.493 e. The number of hydrogen-bond acceptors (Lipinski definition) is 3. The Bertz CT molecular complexity index is 654. The Kier molecular flexibility index (Phi) is 4.41. The van der Waals surface area contributed by atoms with Crippen molar-refractivity contribution in [3.8, 4) is 17.6 Å². The molecule has 0 aliphatic carbocycles. The molecule has 0 spiro atoms. The quantitative estimate of drug-likeness (QED) is 0.624. The number of methoxy groups -OCH3 is 2. The summed E-state index contributed by atoms with van der Waals surface area (Å²) in [6, 6.07) is 17.4. The van der Waals surface area contributed by atoms with E-state index in [-0.39, 0.29) is 0 Å². The second-order valence-electron chi connectivity index (χ2n) is 4.15. The zero-order valence-corrected chi connectivity index (χ0v) is 11.5. The van der Waals surface area contributed by atoms with Crippen LogP contribution in [0.2, 0.25) is 0 Å². The Hall–Kier alpha value is -2.73. The van der Waals surface area contributed by atoms with Gasteiger partial charge in [0, 0.05) is 0 Å². The predicted molar refractivity (Wildman–Crippen MR) is 79.5 cm³/mol. The summed E-state index contributed by atoms with van der Waals surface area (Å²) >= 11 is 0. The summed E-state index contributed by atoms with van der Waals surface area (Å²) < 4.78 is 10.5. The smallest absolute Gasteiger partial charge is 0.161 e. The van der Waals surface area contributed by atoms with Gasteiger partial charge in [0.05, 0.1) is 25.9 Å². The van der Waals surface area contributed by atoms with Gasteiger partial charge < -0.3 is 9.47 Å². The zero-order valence-electron chi connectivity index (χ0n) is 11.5. The van der Waals surface area contributed by atoms with E-state index in [0.717, 1.165) is 11.1 Å². The summed E-state index contributed by atoms with van der Waals surface area (Å²) in [5.74, 6) is 1.26. The molecule has 0 N–H and O–H groups in total. The SMILES string of the molecule is COc1ccc(/C(C#N)=C/c2ccccc2)cc1OC. The second kappa shape index (κ2) is 6.44. The molecule has 0 atom stereocenters. The molecule has 0 radical (unpaired) electrons. The van der Waals surface area contributed by atoms with Crippen molar-refractivity contribution in [3.05, 3.63) is 59.7 Å². The molecule has 0 unspecified atom stereocenters. The second-order valence-corrected chi connectivity index (χ2v) is 4.15. The van der Waals surface area contributed by atoms with Crippen LogP contribution in [0.25, 0.3) is 11.6 Å². The summed E-state index contributed by atoms with van der Waals surface area (Å²) in [7, 11) is 3.16. The molecule has 20 heavy (non-hydrogen) atoms. The summed E-state index contributed by atoms with van der Waals surface area (Å²) in [5.41, 5.74) is 2.37. The van der Waals surface area contributed by atoms with Gasteiger partial charge in [-0.25, -0.2) is 0 Å². The minimum absolute atomic E-state index is 0.581. The van der Waals surface area contributed by atoms with Crippen molar-refractivity contribution in [2.75, 3.05) is 14.2 Å². The van der Waals surface area contributed by atoms with Gasteiger partial charge in [0.25, 0.3) is 0 Å². The van der Waals surface area contributed by atoms with Crippen molar-refractivity contribution >= 4 is 11.6 Å². The topological polar surface area (TPSA) is 42.2 Å². The van der Waals surface area contributed by atoms with E-state index in [2.05, 4.69) is 6.07 Å². The maximum absolute atomic E-state index is 9.34. The minimum Gasteiger partial charge on any atom is -0.493 e. The Balaban J connectivity index is 2.43. The molecule has 2 aromatic rings. The fourth-order valence-electron chi connectivity index (χ4n) is 1.90. The van der Waals surface area contributed by atoms with Crippen molar-refractivity contribution in [2.45, 2.75) is 0 Å². The number of nitriles is 1. The van der Waals surface area contributed by atoms with Crippen molar-refractivity contribution in [1.82, 2.24) is 0 Å². The molecule has 0 aliphatic heterocycles. The molecule has 0 heterocycles. The highest BCUT2D eigenvalue weighted by molar-refractivity contribution is 5.90. The average molecular weight is 265 g/mol. The summed E-state index contributed by atoms with van der Waals surface area (Å²) in [6.45, 7) is 0. The van der Waals surface area contributed by atoms with Crippen LogP contribution < -0.4 is 9.47 Å². The summed E-state index contributed by atoms with van der Waals surface area (Å²) in [6.07, 6.45) is 1.85. The highest BCUT2D eigenvalue weighted by atomic mass is 16.5. The van der Waals surface area contributed by atoms with Crippen molar-refractivity contribution in [2.24, 2.45) is 0 Å². The molecular formula is C17H15NO2. The van der Waals surface area contributed by atoms with Crippen LogP contribution in [-0.2, 0) is 0 Å². The molecule has 0 fully saturated rings. The number of ether oxygens (including phenoxy) is 2. The number of benzene rings is 2. The molecule has 0 saturated carbocycles. The van der Waals surface area contributed by atoms with Crippen LogP contribution in [0, 0.1) is 11.3 Å². The first kappa shape index (κ1) is 13.7. The van der Waals surface area contributed by atoms with E-state index in [1.807, 2.05) is 42.5 Å².